The standard InChI is InChI=1S/C15H24N2OS/c1-17(10-12-5-4-8-18-11-12)14-6-3-7-15(19-2)13(14)9-16/h3,6-7,12H,4-5,8-11,16H2,1-2H3. The van der Waals surface area contributed by atoms with Gasteiger partial charge < -0.3 is 15.4 Å². The molecule has 2 N–H and O–H groups in total. The summed E-state index contributed by atoms with van der Waals surface area (Å²) in [6, 6.07) is 6.44. The molecule has 0 aromatic heterocycles. The summed E-state index contributed by atoms with van der Waals surface area (Å²) in [5.74, 6) is 0.641. The summed E-state index contributed by atoms with van der Waals surface area (Å²) < 4.78 is 5.56. The van der Waals surface area contributed by atoms with E-state index < -0.39 is 0 Å². The summed E-state index contributed by atoms with van der Waals surface area (Å²) in [6.07, 6.45) is 4.56. The van der Waals surface area contributed by atoms with Crippen LogP contribution in [0.3, 0.4) is 0 Å². The summed E-state index contributed by atoms with van der Waals surface area (Å²) in [7, 11) is 2.16. The van der Waals surface area contributed by atoms with Crippen molar-refractivity contribution in [2.24, 2.45) is 11.7 Å². The van der Waals surface area contributed by atoms with Gasteiger partial charge in [0.25, 0.3) is 0 Å². The fourth-order valence-corrected chi connectivity index (χ4v) is 3.39. The van der Waals surface area contributed by atoms with Gasteiger partial charge in [0.1, 0.15) is 0 Å². The summed E-state index contributed by atoms with van der Waals surface area (Å²) >= 11 is 1.77. The molecule has 1 aromatic carbocycles. The minimum atomic E-state index is 0.595. The van der Waals surface area contributed by atoms with Crippen molar-refractivity contribution in [3.05, 3.63) is 23.8 Å². The number of nitrogens with zero attached hydrogens (tertiary/aromatic N) is 1. The van der Waals surface area contributed by atoms with Gasteiger partial charge in [-0.1, -0.05) is 6.07 Å². The molecule has 0 saturated carbocycles. The Balaban J connectivity index is 2.11. The van der Waals surface area contributed by atoms with E-state index in [-0.39, 0.29) is 0 Å². The number of ether oxygens (including phenoxy) is 1. The second kappa shape index (κ2) is 7.17. The van der Waals surface area contributed by atoms with Crippen molar-refractivity contribution in [1.29, 1.82) is 0 Å². The second-order valence-electron chi connectivity index (χ2n) is 5.13. The van der Waals surface area contributed by atoms with Crippen molar-refractivity contribution in [3.8, 4) is 0 Å². The fourth-order valence-electron chi connectivity index (χ4n) is 2.75. The van der Waals surface area contributed by atoms with Gasteiger partial charge >= 0.3 is 0 Å². The Kier molecular flexibility index (Phi) is 5.55. The third-order valence-corrected chi connectivity index (χ3v) is 4.55. The van der Waals surface area contributed by atoms with E-state index in [2.05, 4.69) is 36.4 Å². The Morgan fingerprint density at radius 1 is 1.47 bits per heavy atom. The highest BCUT2D eigenvalue weighted by Crippen LogP contribution is 2.29. The molecule has 3 nitrogen and oxygen atoms in total. The molecule has 4 heteroatoms. The van der Waals surface area contributed by atoms with E-state index in [1.165, 1.54) is 29.0 Å². The lowest BCUT2D eigenvalue weighted by atomic mass is 10.0. The van der Waals surface area contributed by atoms with E-state index in [4.69, 9.17) is 10.5 Å². The van der Waals surface area contributed by atoms with Crippen LogP contribution in [-0.4, -0.2) is 33.1 Å². The highest BCUT2D eigenvalue weighted by Gasteiger charge is 2.18. The maximum Gasteiger partial charge on any atom is 0.0511 e. The monoisotopic (exact) mass is 280 g/mol. The molecule has 0 spiro atoms. The zero-order valence-electron chi connectivity index (χ0n) is 11.9. The Morgan fingerprint density at radius 2 is 2.32 bits per heavy atom. The van der Waals surface area contributed by atoms with Crippen LogP contribution < -0.4 is 10.6 Å². The molecule has 0 radical (unpaired) electrons. The van der Waals surface area contributed by atoms with Crippen molar-refractivity contribution in [2.45, 2.75) is 24.3 Å². The summed E-state index contributed by atoms with van der Waals surface area (Å²) in [5.41, 5.74) is 8.46. The number of rotatable bonds is 5. The van der Waals surface area contributed by atoms with E-state index in [0.717, 1.165) is 19.8 Å². The Hall–Kier alpha value is -0.710. The van der Waals surface area contributed by atoms with Gasteiger partial charge in [0.05, 0.1) is 6.61 Å². The number of hydrogen-bond donors (Lipinski definition) is 1. The first-order valence-corrected chi connectivity index (χ1v) is 8.13. The zero-order valence-corrected chi connectivity index (χ0v) is 12.7. The number of nitrogens with two attached hydrogens (primary N) is 1. The quantitative estimate of drug-likeness (QED) is 0.842. The van der Waals surface area contributed by atoms with Crippen LogP contribution in [0.5, 0.6) is 0 Å². The molecule has 1 aliphatic rings. The van der Waals surface area contributed by atoms with Crippen molar-refractivity contribution in [3.63, 3.8) is 0 Å². The van der Waals surface area contributed by atoms with Crippen LogP contribution in [0, 0.1) is 5.92 Å². The summed E-state index contributed by atoms with van der Waals surface area (Å²) in [5, 5.41) is 0. The maximum atomic E-state index is 5.93. The number of hydrogen-bond acceptors (Lipinski definition) is 4. The second-order valence-corrected chi connectivity index (χ2v) is 5.97. The Morgan fingerprint density at radius 3 is 2.95 bits per heavy atom. The van der Waals surface area contributed by atoms with Gasteiger partial charge in [0.15, 0.2) is 0 Å². The van der Waals surface area contributed by atoms with Crippen LogP contribution in [0.15, 0.2) is 23.1 Å². The largest absolute Gasteiger partial charge is 0.381 e. The van der Waals surface area contributed by atoms with E-state index in [1.807, 2.05) is 0 Å². The fraction of sp³-hybridized carbons (Fsp3) is 0.600. The molecule has 2 rings (SSSR count). The first kappa shape index (κ1) is 14.7. The molecule has 19 heavy (non-hydrogen) atoms. The predicted octanol–water partition coefficient (Wildman–Crippen LogP) is 2.73. The molecule has 1 saturated heterocycles. The van der Waals surface area contributed by atoms with Gasteiger partial charge in [-0.25, -0.2) is 0 Å². The highest BCUT2D eigenvalue weighted by atomic mass is 32.2. The van der Waals surface area contributed by atoms with E-state index in [0.29, 0.717) is 12.5 Å². The first-order valence-electron chi connectivity index (χ1n) is 6.91. The molecule has 0 aliphatic carbocycles. The lowest BCUT2D eigenvalue weighted by Gasteiger charge is -2.30. The topological polar surface area (TPSA) is 38.5 Å². The molecular formula is C15H24N2OS. The average molecular weight is 280 g/mol. The van der Waals surface area contributed by atoms with Crippen molar-refractivity contribution >= 4 is 17.4 Å². The smallest absolute Gasteiger partial charge is 0.0511 e. The minimum Gasteiger partial charge on any atom is -0.381 e. The predicted molar refractivity (Wildman–Crippen MR) is 82.9 cm³/mol. The maximum absolute atomic E-state index is 5.93. The lowest BCUT2D eigenvalue weighted by molar-refractivity contribution is 0.0576. The van der Waals surface area contributed by atoms with E-state index >= 15 is 0 Å². The zero-order chi connectivity index (χ0) is 13.7. The molecule has 106 valence electrons. The van der Waals surface area contributed by atoms with Gasteiger partial charge in [-0.3, -0.25) is 0 Å². The van der Waals surface area contributed by atoms with Crippen molar-refractivity contribution < 1.29 is 4.74 Å². The van der Waals surface area contributed by atoms with Crippen LogP contribution in [0.2, 0.25) is 0 Å². The average Bonchev–Trinajstić information content (AvgIpc) is 2.47. The van der Waals surface area contributed by atoms with Crippen LogP contribution in [-0.2, 0) is 11.3 Å². The molecule has 0 bridgehead atoms. The third kappa shape index (κ3) is 3.65. The normalized spacial score (nSPS) is 19.4. The molecule has 1 aliphatic heterocycles. The van der Waals surface area contributed by atoms with Crippen LogP contribution in [0.1, 0.15) is 18.4 Å². The van der Waals surface area contributed by atoms with Crippen LogP contribution in [0.25, 0.3) is 0 Å². The molecular weight excluding hydrogens is 256 g/mol. The van der Waals surface area contributed by atoms with Crippen LogP contribution >= 0.6 is 11.8 Å². The van der Waals surface area contributed by atoms with Crippen molar-refractivity contribution in [2.75, 3.05) is 38.0 Å². The summed E-state index contributed by atoms with van der Waals surface area (Å²) in [4.78, 5) is 3.62. The Bertz CT molecular complexity index is 405. The van der Waals surface area contributed by atoms with Gasteiger partial charge in [0.2, 0.25) is 0 Å². The highest BCUT2D eigenvalue weighted by molar-refractivity contribution is 7.98. The van der Waals surface area contributed by atoms with E-state index in [1.54, 1.807) is 11.8 Å². The minimum absolute atomic E-state index is 0.595. The summed E-state index contributed by atoms with van der Waals surface area (Å²) in [6.45, 7) is 3.46. The van der Waals surface area contributed by atoms with Gasteiger partial charge in [0, 0.05) is 42.9 Å². The molecule has 1 atom stereocenters. The molecule has 1 fully saturated rings. The SMILES string of the molecule is CSc1cccc(N(C)CC2CCCOC2)c1CN. The third-order valence-electron chi connectivity index (χ3n) is 3.73. The van der Waals surface area contributed by atoms with Gasteiger partial charge in [-0.2, -0.15) is 0 Å². The lowest BCUT2D eigenvalue weighted by Crippen LogP contribution is -2.31. The molecule has 1 aromatic rings. The number of benzene rings is 1. The first-order chi connectivity index (χ1) is 9.26. The van der Waals surface area contributed by atoms with Gasteiger partial charge in [-0.15, -0.1) is 11.8 Å². The molecule has 1 unspecified atom stereocenters. The van der Waals surface area contributed by atoms with E-state index in [9.17, 15) is 0 Å². The number of anilines is 1. The Labute approximate surface area is 120 Å². The molecule has 1 heterocycles. The molecule has 0 amide bonds. The van der Waals surface area contributed by atoms with Crippen molar-refractivity contribution in [1.82, 2.24) is 0 Å². The van der Waals surface area contributed by atoms with Gasteiger partial charge in [-0.05, 0) is 37.1 Å². The van der Waals surface area contributed by atoms with Crippen LogP contribution in [0.4, 0.5) is 5.69 Å². The number of thioether (sulfide) groups is 1.